The van der Waals surface area contributed by atoms with E-state index in [1.165, 1.54) is 26.4 Å². The number of amides is 1. The van der Waals surface area contributed by atoms with Crippen molar-refractivity contribution in [3.63, 3.8) is 0 Å². The van der Waals surface area contributed by atoms with Crippen LogP contribution < -0.4 is 19.5 Å². The van der Waals surface area contributed by atoms with Gasteiger partial charge in [-0.3, -0.25) is 4.79 Å². The number of hydrogen-bond donors (Lipinski definition) is 2. The summed E-state index contributed by atoms with van der Waals surface area (Å²) in [5.74, 6) is 0.582. The Kier molecular flexibility index (Phi) is 6.81. The van der Waals surface area contributed by atoms with Crippen LogP contribution in [0, 0.1) is 0 Å². The van der Waals surface area contributed by atoms with Gasteiger partial charge in [0.15, 0.2) is 0 Å². The lowest BCUT2D eigenvalue weighted by Gasteiger charge is -2.13. The van der Waals surface area contributed by atoms with Crippen molar-refractivity contribution in [2.45, 2.75) is 31.2 Å². The van der Waals surface area contributed by atoms with Crippen molar-refractivity contribution in [1.29, 1.82) is 0 Å². The Morgan fingerprint density at radius 1 is 1.07 bits per heavy atom. The van der Waals surface area contributed by atoms with Gasteiger partial charge in [-0.15, -0.1) is 0 Å². The van der Waals surface area contributed by atoms with Gasteiger partial charge in [0.05, 0.1) is 24.7 Å². The Hall–Kier alpha value is -2.58. The number of nitrogens with one attached hydrogen (secondary N) is 2. The van der Waals surface area contributed by atoms with Crippen LogP contribution in [0.4, 0.5) is 5.69 Å². The average molecular weight is 392 g/mol. The molecule has 7 nitrogen and oxygen atoms in total. The molecule has 0 saturated heterocycles. The molecule has 2 aromatic carbocycles. The zero-order chi connectivity index (χ0) is 20.0. The standard InChI is InChI=1S/C19H24N2O5S/c1-5-13(2)21-27(23,24)16-9-6-14(7-10-16)20-19(22)17-11-8-15(25-3)12-18(17)26-4/h6-13,21H,5H2,1-4H3,(H,20,22). The molecule has 8 heteroatoms. The number of sulfonamides is 1. The third kappa shape index (κ3) is 5.21. The predicted molar refractivity (Wildman–Crippen MR) is 104 cm³/mol. The molecule has 0 aliphatic rings. The van der Waals surface area contributed by atoms with E-state index in [-0.39, 0.29) is 16.8 Å². The van der Waals surface area contributed by atoms with Gasteiger partial charge in [0.2, 0.25) is 10.0 Å². The minimum atomic E-state index is -3.58. The quantitative estimate of drug-likeness (QED) is 0.720. The minimum Gasteiger partial charge on any atom is -0.497 e. The highest BCUT2D eigenvalue weighted by Gasteiger charge is 2.17. The summed E-state index contributed by atoms with van der Waals surface area (Å²) in [5.41, 5.74) is 0.814. The van der Waals surface area contributed by atoms with Gasteiger partial charge in [-0.05, 0) is 49.7 Å². The van der Waals surface area contributed by atoms with Crippen LogP contribution in [0.1, 0.15) is 30.6 Å². The lowest BCUT2D eigenvalue weighted by Crippen LogP contribution is -2.31. The maximum absolute atomic E-state index is 12.5. The van der Waals surface area contributed by atoms with Crippen molar-refractivity contribution in [2.24, 2.45) is 0 Å². The van der Waals surface area contributed by atoms with E-state index in [9.17, 15) is 13.2 Å². The normalized spacial score (nSPS) is 12.3. The third-order valence-electron chi connectivity index (χ3n) is 4.04. The molecule has 0 heterocycles. The molecule has 0 radical (unpaired) electrons. The van der Waals surface area contributed by atoms with E-state index in [1.807, 2.05) is 6.92 Å². The van der Waals surface area contributed by atoms with Crippen molar-refractivity contribution in [3.05, 3.63) is 48.0 Å². The number of benzene rings is 2. The van der Waals surface area contributed by atoms with Crippen LogP contribution >= 0.6 is 0 Å². The van der Waals surface area contributed by atoms with Gasteiger partial charge < -0.3 is 14.8 Å². The molecule has 0 spiro atoms. The largest absolute Gasteiger partial charge is 0.497 e. The summed E-state index contributed by atoms with van der Waals surface area (Å²) < 4.78 is 37.5. The number of rotatable bonds is 8. The zero-order valence-corrected chi connectivity index (χ0v) is 16.6. The Labute approximate surface area is 159 Å². The van der Waals surface area contributed by atoms with E-state index in [1.54, 1.807) is 37.3 Å². The highest BCUT2D eigenvalue weighted by molar-refractivity contribution is 7.89. The average Bonchev–Trinajstić information content (AvgIpc) is 2.67. The molecule has 1 unspecified atom stereocenters. The van der Waals surface area contributed by atoms with E-state index in [0.717, 1.165) is 0 Å². The lowest BCUT2D eigenvalue weighted by atomic mass is 10.1. The predicted octanol–water partition coefficient (Wildman–Crippen LogP) is 3.03. The maximum Gasteiger partial charge on any atom is 0.259 e. The molecule has 146 valence electrons. The van der Waals surface area contributed by atoms with Crippen LogP contribution in [0.15, 0.2) is 47.4 Å². The highest BCUT2D eigenvalue weighted by Crippen LogP contribution is 2.25. The fourth-order valence-electron chi connectivity index (χ4n) is 2.32. The second-order valence-electron chi connectivity index (χ2n) is 5.98. The van der Waals surface area contributed by atoms with Gasteiger partial charge in [0.25, 0.3) is 5.91 Å². The molecule has 0 saturated carbocycles. The Morgan fingerprint density at radius 2 is 1.74 bits per heavy atom. The van der Waals surface area contributed by atoms with Crippen molar-refractivity contribution in [1.82, 2.24) is 4.72 Å². The van der Waals surface area contributed by atoms with E-state index in [2.05, 4.69) is 10.0 Å². The van der Waals surface area contributed by atoms with Crippen molar-refractivity contribution >= 4 is 21.6 Å². The first-order valence-electron chi connectivity index (χ1n) is 8.46. The zero-order valence-electron chi connectivity index (χ0n) is 15.8. The molecule has 0 aromatic heterocycles. The molecule has 2 rings (SSSR count). The second-order valence-corrected chi connectivity index (χ2v) is 7.69. The summed E-state index contributed by atoms with van der Waals surface area (Å²) in [6.07, 6.45) is 0.692. The number of hydrogen-bond acceptors (Lipinski definition) is 5. The third-order valence-corrected chi connectivity index (χ3v) is 5.65. The van der Waals surface area contributed by atoms with Gasteiger partial charge in [-0.25, -0.2) is 13.1 Å². The van der Waals surface area contributed by atoms with Crippen LogP contribution in [0.2, 0.25) is 0 Å². The Bertz CT molecular complexity index is 895. The monoisotopic (exact) mass is 392 g/mol. The lowest BCUT2D eigenvalue weighted by molar-refractivity contribution is 0.102. The Balaban J connectivity index is 2.16. The maximum atomic E-state index is 12.5. The summed E-state index contributed by atoms with van der Waals surface area (Å²) in [5, 5.41) is 2.73. The topological polar surface area (TPSA) is 93.7 Å². The molecular weight excluding hydrogens is 368 g/mol. The summed E-state index contributed by atoms with van der Waals surface area (Å²) in [4.78, 5) is 12.6. The van der Waals surface area contributed by atoms with Crippen LogP contribution in [-0.4, -0.2) is 34.6 Å². The molecule has 2 aromatic rings. The summed E-state index contributed by atoms with van der Waals surface area (Å²) >= 11 is 0. The van der Waals surface area contributed by atoms with Crippen LogP contribution in [-0.2, 0) is 10.0 Å². The number of anilines is 1. The SMILES string of the molecule is CCC(C)NS(=O)(=O)c1ccc(NC(=O)c2ccc(OC)cc2OC)cc1. The van der Waals surface area contributed by atoms with Gasteiger partial charge in [-0.1, -0.05) is 6.92 Å². The van der Waals surface area contributed by atoms with Crippen molar-refractivity contribution < 1.29 is 22.7 Å². The molecule has 27 heavy (non-hydrogen) atoms. The number of carbonyl (C=O) groups is 1. The molecule has 0 aliphatic carbocycles. The first-order chi connectivity index (χ1) is 12.8. The highest BCUT2D eigenvalue weighted by atomic mass is 32.2. The van der Waals surface area contributed by atoms with Crippen LogP contribution in [0.5, 0.6) is 11.5 Å². The number of carbonyl (C=O) groups excluding carboxylic acids is 1. The first-order valence-corrected chi connectivity index (χ1v) is 9.94. The van der Waals surface area contributed by atoms with E-state index >= 15 is 0 Å². The fourth-order valence-corrected chi connectivity index (χ4v) is 3.65. The molecule has 1 amide bonds. The summed E-state index contributed by atoms with van der Waals surface area (Å²) in [7, 11) is -0.588. The van der Waals surface area contributed by atoms with E-state index in [4.69, 9.17) is 9.47 Å². The molecular formula is C19H24N2O5S. The second kappa shape index (κ2) is 8.88. The smallest absolute Gasteiger partial charge is 0.259 e. The molecule has 0 fully saturated rings. The molecule has 0 bridgehead atoms. The van der Waals surface area contributed by atoms with E-state index < -0.39 is 10.0 Å². The van der Waals surface area contributed by atoms with E-state index in [0.29, 0.717) is 29.2 Å². The van der Waals surface area contributed by atoms with Crippen molar-refractivity contribution in [3.8, 4) is 11.5 Å². The van der Waals surface area contributed by atoms with Crippen LogP contribution in [0.25, 0.3) is 0 Å². The first kappa shape index (κ1) is 20.7. The van der Waals surface area contributed by atoms with Gasteiger partial charge in [0.1, 0.15) is 11.5 Å². The van der Waals surface area contributed by atoms with Gasteiger partial charge >= 0.3 is 0 Å². The number of ether oxygens (including phenoxy) is 2. The molecule has 2 N–H and O–H groups in total. The summed E-state index contributed by atoms with van der Waals surface area (Å²) in [6.45, 7) is 3.70. The molecule has 0 aliphatic heterocycles. The van der Waals surface area contributed by atoms with Crippen LogP contribution in [0.3, 0.4) is 0 Å². The Morgan fingerprint density at radius 3 is 2.30 bits per heavy atom. The van der Waals surface area contributed by atoms with Gasteiger partial charge in [-0.2, -0.15) is 0 Å². The number of methoxy groups -OCH3 is 2. The summed E-state index contributed by atoms with van der Waals surface area (Å²) in [6, 6.07) is 10.7. The fraction of sp³-hybridized carbons (Fsp3) is 0.316. The van der Waals surface area contributed by atoms with Gasteiger partial charge in [0, 0.05) is 17.8 Å². The van der Waals surface area contributed by atoms with Crippen molar-refractivity contribution in [2.75, 3.05) is 19.5 Å². The minimum absolute atomic E-state index is 0.142. The molecule has 1 atom stereocenters.